The zero-order valence-corrected chi connectivity index (χ0v) is 17.4. The van der Waals surface area contributed by atoms with E-state index in [2.05, 4.69) is 20.7 Å². The van der Waals surface area contributed by atoms with Crippen LogP contribution in [0.1, 0.15) is 18.1 Å². The van der Waals surface area contributed by atoms with Gasteiger partial charge in [0.1, 0.15) is 0 Å². The Morgan fingerprint density at radius 1 is 1.18 bits per heavy atom. The minimum Gasteiger partial charge on any atom is -0.493 e. The van der Waals surface area contributed by atoms with E-state index >= 15 is 0 Å². The van der Waals surface area contributed by atoms with Gasteiger partial charge < -0.3 is 19.1 Å². The number of ether oxygens (including phenoxy) is 3. The van der Waals surface area contributed by atoms with E-state index in [-0.39, 0.29) is 12.5 Å². The summed E-state index contributed by atoms with van der Waals surface area (Å²) in [4.78, 5) is 26.0. The predicted octanol–water partition coefficient (Wildman–Crippen LogP) is 3.92. The Morgan fingerprint density at radius 2 is 1.93 bits per heavy atom. The van der Waals surface area contributed by atoms with Gasteiger partial charge in [0.25, 0.3) is 5.91 Å². The van der Waals surface area contributed by atoms with Gasteiger partial charge in [0.2, 0.25) is 0 Å². The molecule has 0 unspecified atom stereocenters. The second kappa shape index (κ2) is 8.48. The van der Waals surface area contributed by atoms with Crippen molar-refractivity contribution in [3.05, 3.63) is 52.0 Å². The monoisotopic (exact) mass is 445 g/mol. The number of likely N-dealkylation sites (N-methyl/N-ethyl adjacent to an activating group) is 1. The number of anilines is 1. The first-order valence-corrected chi connectivity index (χ1v) is 9.49. The smallest absolute Gasteiger partial charge is 0.343 e. The van der Waals surface area contributed by atoms with Crippen LogP contribution in [0.3, 0.4) is 0 Å². The van der Waals surface area contributed by atoms with Gasteiger partial charge in [-0.25, -0.2) is 4.79 Å². The van der Waals surface area contributed by atoms with E-state index < -0.39 is 5.97 Å². The van der Waals surface area contributed by atoms with E-state index in [0.717, 1.165) is 16.8 Å². The largest absolute Gasteiger partial charge is 0.493 e. The van der Waals surface area contributed by atoms with Crippen LogP contribution in [0.2, 0.25) is 0 Å². The third kappa shape index (κ3) is 3.75. The normalized spacial score (nSPS) is 14.2. The highest BCUT2D eigenvalue weighted by molar-refractivity contribution is 9.10. The number of hydrogen-bond donors (Lipinski definition) is 0. The topological polar surface area (TPSA) is 65.1 Å². The molecule has 6 nitrogen and oxygen atoms in total. The first-order chi connectivity index (χ1) is 13.5. The zero-order chi connectivity index (χ0) is 20.3. The molecular weight excluding hydrogens is 426 g/mol. The number of halogens is 1. The summed E-state index contributed by atoms with van der Waals surface area (Å²) in [6.07, 6.45) is 1.83. The van der Waals surface area contributed by atoms with Gasteiger partial charge in [-0.1, -0.05) is 34.1 Å². The summed E-state index contributed by atoms with van der Waals surface area (Å²) < 4.78 is 16.2. The van der Waals surface area contributed by atoms with E-state index in [1.54, 1.807) is 17.0 Å². The molecule has 0 bridgehead atoms. The summed E-state index contributed by atoms with van der Waals surface area (Å²) >= 11 is 3.51. The molecule has 1 aliphatic rings. The lowest BCUT2D eigenvalue weighted by Crippen LogP contribution is -2.25. The minimum atomic E-state index is -0.489. The highest BCUT2D eigenvalue weighted by atomic mass is 79.9. The van der Waals surface area contributed by atoms with E-state index in [0.29, 0.717) is 28.1 Å². The van der Waals surface area contributed by atoms with Crippen LogP contribution in [0, 0.1) is 0 Å². The lowest BCUT2D eigenvalue weighted by molar-refractivity contribution is -0.142. The quantitative estimate of drug-likeness (QED) is 0.497. The number of benzene rings is 2. The molecule has 1 aliphatic heterocycles. The molecule has 0 saturated heterocycles. The molecule has 7 heteroatoms. The molecule has 0 saturated carbocycles. The number of fused-ring (bicyclic) bond motifs is 1. The second-order valence-corrected chi connectivity index (χ2v) is 6.87. The maximum atomic E-state index is 12.9. The van der Waals surface area contributed by atoms with Crippen LogP contribution in [0.15, 0.2) is 40.9 Å². The number of amides is 1. The molecule has 1 amide bonds. The molecule has 0 fully saturated rings. The van der Waals surface area contributed by atoms with Crippen LogP contribution in [0.5, 0.6) is 11.5 Å². The van der Waals surface area contributed by atoms with E-state index in [9.17, 15) is 9.59 Å². The maximum Gasteiger partial charge on any atom is 0.343 e. The highest BCUT2D eigenvalue weighted by Gasteiger charge is 2.31. The Labute approximate surface area is 171 Å². The average Bonchev–Trinajstić information content (AvgIpc) is 2.98. The number of nitrogens with zero attached hydrogens (tertiary/aromatic N) is 1. The summed E-state index contributed by atoms with van der Waals surface area (Å²) in [5, 5.41) is 0. The molecule has 0 aromatic heterocycles. The predicted molar refractivity (Wildman–Crippen MR) is 111 cm³/mol. The summed E-state index contributed by atoms with van der Waals surface area (Å²) in [5.41, 5.74) is 3.18. The second-order valence-electron chi connectivity index (χ2n) is 6.01. The van der Waals surface area contributed by atoms with Gasteiger partial charge in [0.15, 0.2) is 18.1 Å². The molecule has 0 N–H and O–H groups in total. The summed E-state index contributed by atoms with van der Waals surface area (Å²) in [6, 6.07) is 11.2. The highest BCUT2D eigenvalue weighted by Crippen LogP contribution is 2.40. The van der Waals surface area contributed by atoms with Gasteiger partial charge >= 0.3 is 5.97 Å². The van der Waals surface area contributed by atoms with Crippen molar-refractivity contribution in [2.24, 2.45) is 0 Å². The molecule has 146 valence electrons. The number of hydrogen-bond acceptors (Lipinski definition) is 5. The Bertz CT molecular complexity index is 954. The number of methoxy groups -OCH3 is 2. The summed E-state index contributed by atoms with van der Waals surface area (Å²) in [7, 11) is 2.81. The Kier molecular flexibility index (Phi) is 6.04. The van der Waals surface area contributed by atoms with Crippen molar-refractivity contribution < 1.29 is 23.8 Å². The first kappa shape index (κ1) is 19.9. The van der Waals surface area contributed by atoms with Crippen LogP contribution < -0.4 is 14.4 Å². The minimum absolute atomic E-state index is 0.0411. The van der Waals surface area contributed by atoms with E-state index in [1.807, 2.05) is 37.3 Å². The van der Waals surface area contributed by atoms with Crippen molar-refractivity contribution in [3.63, 3.8) is 0 Å². The van der Waals surface area contributed by atoms with E-state index in [1.165, 1.54) is 14.2 Å². The fourth-order valence-electron chi connectivity index (χ4n) is 3.05. The van der Waals surface area contributed by atoms with Gasteiger partial charge in [-0.15, -0.1) is 0 Å². The fraction of sp³-hybridized carbons (Fsp3) is 0.238. The number of esters is 1. The van der Waals surface area contributed by atoms with Crippen LogP contribution in [-0.2, 0) is 14.3 Å². The Morgan fingerprint density at radius 3 is 2.61 bits per heavy atom. The van der Waals surface area contributed by atoms with Crippen LogP contribution in [0.4, 0.5) is 5.69 Å². The summed E-state index contributed by atoms with van der Waals surface area (Å²) in [5.74, 6) is 0.318. The van der Waals surface area contributed by atoms with Crippen LogP contribution >= 0.6 is 15.9 Å². The van der Waals surface area contributed by atoms with Crippen molar-refractivity contribution >= 4 is 45.1 Å². The molecule has 2 aromatic rings. The van der Waals surface area contributed by atoms with Crippen molar-refractivity contribution in [2.45, 2.75) is 6.92 Å². The SMILES string of the molecule is CCN1C(=O)/C(=C\c2cc(OC)c(OCC(=O)OC)cc2Br)c2ccccc21. The fourth-order valence-corrected chi connectivity index (χ4v) is 3.48. The van der Waals surface area contributed by atoms with Gasteiger partial charge in [-0.3, -0.25) is 4.79 Å². The zero-order valence-electron chi connectivity index (χ0n) is 15.8. The third-order valence-corrected chi connectivity index (χ3v) is 5.12. The van der Waals surface area contributed by atoms with Crippen molar-refractivity contribution in [1.29, 1.82) is 0 Å². The molecular formula is C21H20BrNO5. The average molecular weight is 446 g/mol. The van der Waals surface area contributed by atoms with Crippen molar-refractivity contribution in [3.8, 4) is 11.5 Å². The number of carbonyl (C=O) groups is 2. The number of rotatable bonds is 6. The molecule has 28 heavy (non-hydrogen) atoms. The molecule has 0 radical (unpaired) electrons. The molecule has 0 aliphatic carbocycles. The summed E-state index contributed by atoms with van der Waals surface area (Å²) in [6.45, 7) is 2.32. The van der Waals surface area contributed by atoms with E-state index in [4.69, 9.17) is 9.47 Å². The Balaban J connectivity index is 2.00. The third-order valence-electron chi connectivity index (χ3n) is 4.43. The Hall–Kier alpha value is -2.80. The first-order valence-electron chi connectivity index (χ1n) is 8.70. The van der Waals surface area contributed by atoms with Crippen LogP contribution in [0.25, 0.3) is 11.6 Å². The standard InChI is InChI=1S/C21H20BrNO5/c1-4-23-17-8-6-5-7-14(17)15(21(23)25)9-13-10-18(26-2)19(11-16(13)22)28-12-20(24)27-3/h5-11H,4,12H2,1-3H3/b15-9-. The van der Waals surface area contributed by atoms with Crippen LogP contribution in [-0.4, -0.2) is 39.2 Å². The lowest BCUT2D eigenvalue weighted by Gasteiger charge is -2.13. The number of para-hydroxylation sites is 1. The number of carbonyl (C=O) groups excluding carboxylic acids is 2. The maximum absolute atomic E-state index is 12.9. The molecule has 0 spiro atoms. The van der Waals surface area contributed by atoms with Gasteiger partial charge in [0, 0.05) is 22.2 Å². The molecule has 0 atom stereocenters. The molecule has 1 heterocycles. The van der Waals surface area contributed by atoms with Gasteiger partial charge in [0.05, 0.1) is 19.9 Å². The van der Waals surface area contributed by atoms with Crippen molar-refractivity contribution in [1.82, 2.24) is 0 Å². The van der Waals surface area contributed by atoms with Gasteiger partial charge in [-0.05, 0) is 36.8 Å². The van der Waals surface area contributed by atoms with Gasteiger partial charge in [-0.2, -0.15) is 0 Å². The molecule has 3 rings (SSSR count). The van der Waals surface area contributed by atoms with Crippen molar-refractivity contribution in [2.75, 3.05) is 32.3 Å². The lowest BCUT2D eigenvalue weighted by atomic mass is 10.0. The molecule has 2 aromatic carbocycles.